The Labute approximate surface area is 112 Å². The summed E-state index contributed by atoms with van der Waals surface area (Å²) >= 11 is -4.55. The van der Waals surface area contributed by atoms with Crippen LogP contribution in [0.3, 0.4) is 0 Å². The number of nitrogens with one attached hydrogen (secondary N) is 1. The van der Waals surface area contributed by atoms with Gasteiger partial charge >= 0.3 is 88.7 Å². The Morgan fingerprint density at radius 2 is 1.74 bits per heavy atom. The molecular weight excluding hydrogens is 319 g/mol. The molecule has 1 atom stereocenters. The fourth-order valence-electron chi connectivity index (χ4n) is 0.851. The van der Waals surface area contributed by atoms with Crippen LogP contribution in [0.1, 0.15) is 13.8 Å². The van der Waals surface area contributed by atoms with Gasteiger partial charge in [-0.2, -0.15) is 0 Å². The van der Waals surface area contributed by atoms with Gasteiger partial charge in [-0.3, -0.25) is 4.79 Å². The normalized spacial score (nSPS) is 12.6. The summed E-state index contributed by atoms with van der Waals surface area (Å²) in [7, 11) is 0. The summed E-state index contributed by atoms with van der Waals surface area (Å²) in [6, 6.07) is 7.87. The zero-order valence-electron chi connectivity index (χ0n) is 10.4. The van der Waals surface area contributed by atoms with E-state index in [0.717, 1.165) is 0 Å². The van der Waals surface area contributed by atoms with Crippen LogP contribution < -0.4 is 15.6 Å². The summed E-state index contributed by atoms with van der Waals surface area (Å²) in [4.78, 5) is 19.8. The van der Waals surface area contributed by atoms with E-state index < -0.39 is 20.1 Å². The molecule has 0 bridgehead atoms. The van der Waals surface area contributed by atoms with E-state index in [9.17, 15) is 13.3 Å². The molecule has 0 fully saturated rings. The van der Waals surface area contributed by atoms with Gasteiger partial charge in [-0.1, -0.05) is 0 Å². The maximum absolute atomic E-state index is 11.8. The number of primary amides is 1. The van der Waals surface area contributed by atoms with Gasteiger partial charge < -0.3 is 5.73 Å². The van der Waals surface area contributed by atoms with Gasteiger partial charge in [0.15, 0.2) is 0 Å². The first-order chi connectivity index (χ1) is 8.81. The number of benzene rings is 1. The van der Waals surface area contributed by atoms with E-state index >= 15 is 0 Å². The van der Waals surface area contributed by atoms with Crippen LogP contribution in [0.2, 0.25) is 0 Å². The molecule has 0 aromatic heterocycles. The molecule has 0 saturated carbocycles. The van der Waals surface area contributed by atoms with Crippen LogP contribution in [-0.4, -0.2) is 31.2 Å². The van der Waals surface area contributed by atoms with Crippen molar-refractivity contribution in [2.45, 2.75) is 13.8 Å². The number of carbonyl (C=O) groups is 2. The van der Waals surface area contributed by atoms with Gasteiger partial charge in [-0.25, -0.2) is 0 Å². The van der Waals surface area contributed by atoms with Crippen molar-refractivity contribution in [2.75, 3.05) is 0 Å². The predicted octanol–water partition coefficient (Wildman–Crippen LogP) is -0.688. The molecule has 0 aliphatic carbocycles. The van der Waals surface area contributed by atoms with E-state index in [-0.39, 0.29) is 10.3 Å². The maximum Gasteiger partial charge on any atom is 0.214 e. The van der Waals surface area contributed by atoms with E-state index in [4.69, 9.17) is 5.26 Å². The summed E-state index contributed by atoms with van der Waals surface area (Å²) in [5, 5.41) is 8.54. The van der Waals surface area contributed by atoms with Crippen molar-refractivity contribution in [3.63, 3.8) is 0 Å². The number of hydroxylamine groups is 1. The van der Waals surface area contributed by atoms with E-state index in [2.05, 4.69) is 13.4 Å². The Hall–Kier alpha value is -1.60. The second-order valence-corrected chi connectivity index (χ2v) is 7.17. The SMILES string of the molecule is CC(=O)NO[As](=O)(OO)c1ccccc1.CC(N)=O. The molecule has 106 valence electrons. The first-order valence-electron chi connectivity index (χ1n) is 5.02. The van der Waals surface area contributed by atoms with E-state index in [1.165, 1.54) is 26.0 Å². The van der Waals surface area contributed by atoms with E-state index in [1.54, 1.807) is 18.2 Å². The Bertz CT molecular complexity index is 460. The molecule has 1 unspecified atom stereocenters. The average molecular weight is 334 g/mol. The van der Waals surface area contributed by atoms with Gasteiger partial charge in [0.2, 0.25) is 5.91 Å². The number of rotatable bonds is 4. The minimum Gasteiger partial charge on any atom is -0.370 e. The molecule has 19 heavy (non-hydrogen) atoms. The Morgan fingerprint density at radius 3 is 2.11 bits per heavy atom. The second-order valence-electron chi connectivity index (χ2n) is 3.27. The summed E-state index contributed by atoms with van der Waals surface area (Å²) < 4.78 is 20.5. The van der Waals surface area contributed by atoms with Crippen molar-refractivity contribution in [1.82, 2.24) is 5.48 Å². The van der Waals surface area contributed by atoms with Gasteiger partial charge in [-0.05, 0) is 0 Å². The third-order valence-electron chi connectivity index (χ3n) is 1.49. The quantitative estimate of drug-likeness (QED) is 0.380. The van der Waals surface area contributed by atoms with E-state index in [1.807, 2.05) is 5.48 Å². The molecule has 9 heteroatoms. The Morgan fingerprint density at radius 1 is 1.26 bits per heavy atom. The molecule has 1 aromatic carbocycles. The number of nitrogens with two attached hydrogens (primary N) is 1. The van der Waals surface area contributed by atoms with Gasteiger partial charge in [0, 0.05) is 6.92 Å². The molecule has 4 N–H and O–H groups in total. The standard InChI is InChI=1S/C8H10AsNO5.C2H5NO/c1-7(11)10-14-9(12,15-13)8-5-3-2-4-6-8;1-2(3)4/h2-6,13H,1H3,(H,10,11);1H3,(H2,3,4). The summed E-state index contributed by atoms with van der Waals surface area (Å²) in [6.45, 7) is 2.49. The summed E-state index contributed by atoms with van der Waals surface area (Å²) in [6.07, 6.45) is 0. The van der Waals surface area contributed by atoms with Crippen LogP contribution in [0, 0.1) is 0 Å². The molecule has 1 aromatic rings. The first kappa shape index (κ1) is 17.4. The molecule has 0 aliphatic heterocycles. The minimum atomic E-state index is -4.55. The summed E-state index contributed by atoms with van der Waals surface area (Å²) in [5.74, 6) is -0.871. The molecule has 0 spiro atoms. The van der Waals surface area contributed by atoms with Crippen LogP contribution >= 0.6 is 0 Å². The molecule has 2 amide bonds. The largest absolute Gasteiger partial charge is 0.370 e. The third-order valence-corrected chi connectivity index (χ3v) is 4.59. The molecule has 1 rings (SSSR count). The molecule has 0 heterocycles. The zero-order chi connectivity index (χ0) is 14.9. The molecule has 0 radical (unpaired) electrons. The third kappa shape index (κ3) is 7.42. The van der Waals surface area contributed by atoms with Gasteiger partial charge in [0.05, 0.1) is 0 Å². The van der Waals surface area contributed by atoms with E-state index in [0.29, 0.717) is 0 Å². The van der Waals surface area contributed by atoms with Crippen LogP contribution in [0.25, 0.3) is 0 Å². The predicted molar refractivity (Wildman–Crippen MR) is 66.0 cm³/mol. The maximum atomic E-state index is 11.8. The second kappa shape index (κ2) is 8.49. The van der Waals surface area contributed by atoms with Crippen LogP contribution in [0.5, 0.6) is 0 Å². The van der Waals surface area contributed by atoms with Crippen LogP contribution in [0.4, 0.5) is 0 Å². The van der Waals surface area contributed by atoms with Crippen LogP contribution in [0.15, 0.2) is 30.3 Å². The molecular formula is C10H15AsN2O6. The fourth-order valence-corrected chi connectivity index (χ4v) is 2.99. The molecule has 8 nitrogen and oxygen atoms in total. The van der Waals surface area contributed by atoms with Crippen molar-refractivity contribution >= 4 is 30.3 Å². The van der Waals surface area contributed by atoms with Crippen molar-refractivity contribution < 1.29 is 26.3 Å². The topological polar surface area (TPSA) is 128 Å². The smallest absolute Gasteiger partial charge is 0.214 e. The number of carbonyl (C=O) groups excluding carboxylic acids is 2. The average Bonchev–Trinajstić information content (AvgIpc) is 2.36. The van der Waals surface area contributed by atoms with Crippen LogP contribution in [-0.2, 0) is 21.0 Å². The van der Waals surface area contributed by atoms with Gasteiger partial charge in [0.1, 0.15) is 0 Å². The van der Waals surface area contributed by atoms with Gasteiger partial charge in [-0.15, -0.1) is 0 Å². The zero-order valence-corrected chi connectivity index (χ0v) is 12.3. The fraction of sp³-hybridized carbons (Fsp3) is 0.200. The summed E-state index contributed by atoms with van der Waals surface area (Å²) in [5.41, 5.74) is 6.35. The Balaban J connectivity index is 0.000000711. The minimum absolute atomic E-state index is 0.201. The van der Waals surface area contributed by atoms with Crippen molar-refractivity contribution in [2.24, 2.45) is 5.73 Å². The van der Waals surface area contributed by atoms with Crippen molar-refractivity contribution in [3.8, 4) is 0 Å². The van der Waals surface area contributed by atoms with Crippen molar-refractivity contribution in [1.29, 1.82) is 0 Å². The monoisotopic (exact) mass is 334 g/mol. The van der Waals surface area contributed by atoms with Crippen molar-refractivity contribution in [3.05, 3.63) is 30.3 Å². The molecule has 0 saturated heterocycles. The Kier molecular flexibility index (Phi) is 7.78. The first-order valence-corrected chi connectivity index (χ1v) is 8.25. The molecule has 0 aliphatic rings. The van der Waals surface area contributed by atoms with Gasteiger partial charge in [0.25, 0.3) is 0 Å². The number of amides is 2. The number of hydrogen-bond acceptors (Lipinski definition) is 6. The number of hydrogen-bond donors (Lipinski definition) is 3.